The molecule has 2 rings (SSSR count). The second kappa shape index (κ2) is 6.52. The van der Waals surface area contributed by atoms with Crippen LogP contribution in [0.1, 0.15) is 17.0 Å². The van der Waals surface area contributed by atoms with Crippen LogP contribution >= 0.6 is 12.4 Å². The van der Waals surface area contributed by atoms with Crippen molar-refractivity contribution >= 4 is 12.4 Å². The number of rotatable bonds is 4. The van der Waals surface area contributed by atoms with Gasteiger partial charge < -0.3 is 15.7 Å². The van der Waals surface area contributed by atoms with Gasteiger partial charge in [-0.2, -0.15) is 5.10 Å². The Morgan fingerprint density at radius 1 is 1.44 bits per heavy atom. The highest BCUT2D eigenvalue weighted by molar-refractivity contribution is 5.85. The number of hydrogen-bond donors (Lipinski definition) is 3. The van der Waals surface area contributed by atoms with Crippen molar-refractivity contribution in [3.05, 3.63) is 17.0 Å². The van der Waals surface area contributed by atoms with E-state index in [9.17, 15) is 5.11 Å². The van der Waals surface area contributed by atoms with Gasteiger partial charge in [-0.05, 0) is 13.8 Å². The average Bonchev–Trinajstić information content (AvgIpc) is 2.78. The molecule has 1 aromatic rings. The molecule has 104 valence electrons. The van der Waals surface area contributed by atoms with Gasteiger partial charge in [0.1, 0.15) is 0 Å². The Labute approximate surface area is 114 Å². The summed E-state index contributed by atoms with van der Waals surface area (Å²) in [7, 11) is 1.97. The van der Waals surface area contributed by atoms with Crippen molar-refractivity contribution in [2.45, 2.75) is 26.5 Å². The Kier molecular flexibility index (Phi) is 5.59. The van der Waals surface area contributed by atoms with E-state index in [-0.39, 0.29) is 18.5 Å². The maximum atomic E-state index is 9.68. The standard InChI is InChI=1S/C12H22N4O.ClH/c1-8-11(9(2)16(3)15-8)6-13-4-10-5-14-7-12(10)17;/h10,12-14,17H,4-7H2,1-3H3;1H. The van der Waals surface area contributed by atoms with E-state index in [1.54, 1.807) is 0 Å². The molecule has 2 atom stereocenters. The van der Waals surface area contributed by atoms with Gasteiger partial charge in [0.05, 0.1) is 11.8 Å². The molecule has 2 unspecified atom stereocenters. The van der Waals surface area contributed by atoms with Crippen LogP contribution in [0.5, 0.6) is 0 Å². The van der Waals surface area contributed by atoms with E-state index in [1.807, 2.05) is 18.7 Å². The summed E-state index contributed by atoms with van der Waals surface area (Å²) in [5.41, 5.74) is 3.57. The van der Waals surface area contributed by atoms with Gasteiger partial charge in [0.25, 0.3) is 0 Å². The molecule has 1 aliphatic heterocycles. The zero-order chi connectivity index (χ0) is 12.4. The minimum atomic E-state index is -0.210. The summed E-state index contributed by atoms with van der Waals surface area (Å²) in [6.07, 6.45) is -0.210. The summed E-state index contributed by atoms with van der Waals surface area (Å²) in [5.74, 6) is 0.326. The van der Waals surface area contributed by atoms with Gasteiger partial charge in [-0.15, -0.1) is 12.4 Å². The predicted octanol–water partition coefficient (Wildman–Crippen LogP) is 0.129. The zero-order valence-corrected chi connectivity index (χ0v) is 12.0. The molecule has 0 aliphatic carbocycles. The number of β-amino-alcohol motifs (C(OH)–C–C–N with tert-alkyl or cyclic N) is 1. The Morgan fingerprint density at radius 3 is 2.67 bits per heavy atom. The molecule has 5 nitrogen and oxygen atoms in total. The number of nitrogens with zero attached hydrogens (tertiary/aromatic N) is 2. The van der Waals surface area contributed by atoms with E-state index >= 15 is 0 Å². The number of aliphatic hydroxyl groups excluding tert-OH is 1. The zero-order valence-electron chi connectivity index (χ0n) is 11.2. The minimum Gasteiger partial charge on any atom is -0.391 e. The van der Waals surface area contributed by atoms with Crippen LogP contribution < -0.4 is 10.6 Å². The Hall–Kier alpha value is -0.620. The number of aliphatic hydroxyl groups is 1. The molecule has 6 heteroatoms. The molecule has 1 saturated heterocycles. The van der Waals surface area contributed by atoms with Crippen LogP contribution in [0.3, 0.4) is 0 Å². The van der Waals surface area contributed by atoms with Gasteiger partial charge in [0.2, 0.25) is 0 Å². The third kappa shape index (κ3) is 3.23. The highest BCUT2D eigenvalue weighted by atomic mass is 35.5. The van der Waals surface area contributed by atoms with Crippen LogP contribution in [0.2, 0.25) is 0 Å². The van der Waals surface area contributed by atoms with Crippen molar-refractivity contribution in [1.82, 2.24) is 20.4 Å². The number of aryl methyl sites for hydroxylation is 2. The normalized spacial score (nSPS) is 23.1. The molecule has 3 N–H and O–H groups in total. The van der Waals surface area contributed by atoms with E-state index in [0.29, 0.717) is 5.92 Å². The first-order chi connectivity index (χ1) is 8.09. The monoisotopic (exact) mass is 274 g/mol. The molecule has 0 spiro atoms. The van der Waals surface area contributed by atoms with E-state index in [0.717, 1.165) is 31.9 Å². The van der Waals surface area contributed by atoms with Crippen molar-refractivity contribution in [3.8, 4) is 0 Å². The molecule has 0 radical (unpaired) electrons. The first-order valence-corrected chi connectivity index (χ1v) is 6.18. The second-order valence-electron chi connectivity index (χ2n) is 4.89. The quantitative estimate of drug-likeness (QED) is 0.730. The lowest BCUT2D eigenvalue weighted by Crippen LogP contribution is -2.30. The maximum Gasteiger partial charge on any atom is 0.0716 e. The first kappa shape index (κ1) is 15.4. The van der Waals surface area contributed by atoms with Crippen molar-refractivity contribution < 1.29 is 5.11 Å². The van der Waals surface area contributed by atoms with Gasteiger partial charge in [-0.1, -0.05) is 0 Å². The van der Waals surface area contributed by atoms with E-state index in [4.69, 9.17) is 0 Å². The fraction of sp³-hybridized carbons (Fsp3) is 0.750. The van der Waals surface area contributed by atoms with Crippen molar-refractivity contribution in [2.24, 2.45) is 13.0 Å². The Bertz CT molecular complexity index is 394. The summed E-state index contributed by atoms with van der Waals surface area (Å²) in [6.45, 7) is 7.42. The lowest BCUT2D eigenvalue weighted by Gasteiger charge is -2.14. The smallest absolute Gasteiger partial charge is 0.0716 e. The molecule has 0 amide bonds. The first-order valence-electron chi connectivity index (χ1n) is 6.18. The summed E-state index contributed by atoms with van der Waals surface area (Å²) in [5, 5.41) is 20.7. The fourth-order valence-corrected chi connectivity index (χ4v) is 2.38. The number of aromatic nitrogens is 2. The molecular weight excluding hydrogens is 252 g/mol. The molecule has 1 aliphatic rings. The fourth-order valence-electron chi connectivity index (χ4n) is 2.38. The average molecular weight is 275 g/mol. The van der Waals surface area contributed by atoms with Crippen LogP contribution in [0.15, 0.2) is 0 Å². The Balaban J connectivity index is 0.00000162. The maximum absolute atomic E-state index is 9.68. The number of halogens is 1. The summed E-state index contributed by atoms with van der Waals surface area (Å²) >= 11 is 0. The van der Waals surface area contributed by atoms with Crippen LogP contribution in [0, 0.1) is 19.8 Å². The van der Waals surface area contributed by atoms with Crippen molar-refractivity contribution in [1.29, 1.82) is 0 Å². The van der Waals surface area contributed by atoms with Gasteiger partial charge in [-0.3, -0.25) is 4.68 Å². The third-order valence-electron chi connectivity index (χ3n) is 3.67. The molecule has 0 bridgehead atoms. The molecule has 1 fully saturated rings. The predicted molar refractivity (Wildman–Crippen MR) is 74.0 cm³/mol. The lowest BCUT2D eigenvalue weighted by atomic mass is 10.1. The van der Waals surface area contributed by atoms with Gasteiger partial charge >= 0.3 is 0 Å². The SMILES string of the molecule is Cc1nn(C)c(C)c1CNCC1CNCC1O.Cl. The van der Waals surface area contributed by atoms with Crippen LogP contribution in [-0.4, -0.2) is 40.6 Å². The van der Waals surface area contributed by atoms with E-state index in [1.165, 1.54) is 11.3 Å². The molecule has 0 aromatic carbocycles. The summed E-state index contributed by atoms with van der Waals surface area (Å²) in [6, 6.07) is 0. The van der Waals surface area contributed by atoms with Gasteiger partial charge in [0.15, 0.2) is 0 Å². The van der Waals surface area contributed by atoms with Crippen LogP contribution in [-0.2, 0) is 13.6 Å². The molecular formula is C12H23ClN4O. The highest BCUT2D eigenvalue weighted by Crippen LogP contribution is 2.12. The van der Waals surface area contributed by atoms with Gasteiger partial charge in [0, 0.05) is 50.4 Å². The molecule has 0 saturated carbocycles. The number of nitrogens with one attached hydrogen (secondary N) is 2. The molecule has 2 heterocycles. The number of hydrogen-bond acceptors (Lipinski definition) is 4. The molecule has 18 heavy (non-hydrogen) atoms. The topological polar surface area (TPSA) is 62.1 Å². The van der Waals surface area contributed by atoms with Crippen LogP contribution in [0.4, 0.5) is 0 Å². The summed E-state index contributed by atoms with van der Waals surface area (Å²) in [4.78, 5) is 0. The largest absolute Gasteiger partial charge is 0.391 e. The third-order valence-corrected chi connectivity index (χ3v) is 3.67. The van der Waals surface area contributed by atoms with E-state index < -0.39 is 0 Å². The second-order valence-corrected chi connectivity index (χ2v) is 4.89. The summed E-state index contributed by atoms with van der Waals surface area (Å²) < 4.78 is 1.91. The molecule has 1 aromatic heterocycles. The van der Waals surface area contributed by atoms with Crippen molar-refractivity contribution in [2.75, 3.05) is 19.6 Å². The van der Waals surface area contributed by atoms with Crippen molar-refractivity contribution in [3.63, 3.8) is 0 Å². The minimum absolute atomic E-state index is 0. The lowest BCUT2D eigenvalue weighted by molar-refractivity contribution is 0.146. The van der Waals surface area contributed by atoms with Crippen LogP contribution in [0.25, 0.3) is 0 Å². The Morgan fingerprint density at radius 2 is 2.17 bits per heavy atom. The van der Waals surface area contributed by atoms with Gasteiger partial charge in [-0.25, -0.2) is 0 Å². The highest BCUT2D eigenvalue weighted by Gasteiger charge is 2.24. The van der Waals surface area contributed by atoms with E-state index in [2.05, 4.69) is 22.7 Å².